The zero-order valence-corrected chi connectivity index (χ0v) is 15.2. The number of rotatable bonds is 11. The molecule has 0 aromatic heterocycles. The molecule has 24 heavy (non-hydrogen) atoms. The van der Waals surface area contributed by atoms with E-state index in [2.05, 4.69) is 36.1 Å². The van der Waals surface area contributed by atoms with Crippen LogP contribution in [0.5, 0.6) is 0 Å². The number of carbonyl (C=O) groups is 1. The normalized spacial score (nSPS) is 18.1. The summed E-state index contributed by atoms with van der Waals surface area (Å²) in [7, 11) is 0. The van der Waals surface area contributed by atoms with Crippen molar-refractivity contribution in [3.8, 4) is 0 Å². The Hall–Kier alpha value is -1.35. The van der Waals surface area contributed by atoms with Crippen molar-refractivity contribution in [1.29, 1.82) is 0 Å². The number of aliphatic carboxylic acids is 1. The fraction of sp³-hybridized carbons (Fsp3) is 0.667. The highest BCUT2D eigenvalue weighted by Gasteiger charge is 2.27. The molecule has 0 radical (unpaired) electrons. The van der Waals surface area contributed by atoms with E-state index in [1.165, 1.54) is 62.5 Å². The molecule has 1 saturated heterocycles. The van der Waals surface area contributed by atoms with Gasteiger partial charge in [0.05, 0.1) is 5.92 Å². The molecule has 1 atom stereocenters. The van der Waals surface area contributed by atoms with Gasteiger partial charge in [-0.25, -0.2) is 0 Å². The van der Waals surface area contributed by atoms with Gasteiger partial charge in [0.1, 0.15) is 0 Å². The van der Waals surface area contributed by atoms with Crippen LogP contribution in [-0.4, -0.2) is 29.1 Å². The highest BCUT2D eigenvalue weighted by Crippen LogP contribution is 2.19. The number of aryl methyl sites for hydroxylation is 1. The lowest BCUT2D eigenvalue weighted by molar-refractivity contribution is -0.141. The Morgan fingerprint density at radius 3 is 2.29 bits per heavy atom. The van der Waals surface area contributed by atoms with Crippen molar-refractivity contribution < 1.29 is 9.90 Å². The van der Waals surface area contributed by atoms with Crippen molar-refractivity contribution in [3.05, 3.63) is 35.4 Å². The largest absolute Gasteiger partial charge is 0.481 e. The maximum atomic E-state index is 11.0. The molecule has 3 nitrogen and oxygen atoms in total. The number of likely N-dealkylation sites (tertiary alicyclic amines) is 1. The summed E-state index contributed by atoms with van der Waals surface area (Å²) in [4.78, 5) is 13.3. The second-order valence-electron chi connectivity index (χ2n) is 7.25. The van der Waals surface area contributed by atoms with Crippen LogP contribution in [-0.2, 0) is 17.8 Å². The molecular formula is C21H33NO2. The topological polar surface area (TPSA) is 40.5 Å². The minimum atomic E-state index is -0.650. The first-order valence-electron chi connectivity index (χ1n) is 9.72. The van der Waals surface area contributed by atoms with Crippen LogP contribution in [0.2, 0.25) is 0 Å². The fourth-order valence-electron chi connectivity index (χ4n) is 3.53. The summed E-state index contributed by atoms with van der Waals surface area (Å²) in [5.41, 5.74) is 2.72. The lowest BCUT2D eigenvalue weighted by Crippen LogP contribution is -2.22. The van der Waals surface area contributed by atoms with Crippen LogP contribution in [0.3, 0.4) is 0 Å². The van der Waals surface area contributed by atoms with E-state index in [0.29, 0.717) is 6.54 Å². The number of benzene rings is 1. The molecule has 1 aliphatic heterocycles. The van der Waals surface area contributed by atoms with Gasteiger partial charge in [-0.1, -0.05) is 69.7 Å². The number of nitrogens with zero attached hydrogens (tertiary/aromatic N) is 1. The number of carboxylic acids is 1. The van der Waals surface area contributed by atoms with E-state index in [4.69, 9.17) is 5.11 Å². The Morgan fingerprint density at radius 2 is 1.67 bits per heavy atom. The standard InChI is InChI=1S/C21H33NO2/c1-2-3-4-5-6-7-8-9-18-10-12-19(13-11-18)16-22-15-14-20(17-22)21(23)24/h10-13,20H,2-9,14-17H2,1H3,(H,23,24)/t20-/m1/s1. The van der Waals surface area contributed by atoms with Crippen LogP contribution >= 0.6 is 0 Å². The number of carboxylic acid groups (broad SMARTS) is 1. The van der Waals surface area contributed by atoms with Crippen molar-refractivity contribution in [2.75, 3.05) is 13.1 Å². The molecule has 0 saturated carbocycles. The summed E-state index contributed by atoms with van der Waals surface area (Å²) in [6, 6.07) is 8.92. The molecule has 1 aromatic rings. The smallest absolute Gasteiger partial charge is 0.307 e. The summed E-state index contributed by atoms with van der Waals surface area (Å²) < 4.78 is 0. The summed E-state index contributed by atoms with van der Waals surface area (Å²) in [5, 5.41) is 9.07. The molecule has 3 heteroatoms. The van der Waals surface area contributed by atoms with E-state index < -0.39 is 5.97 Å². The van der Waals surface area contributed by atoms with Gasteiger partial charge in [0.25, 0.3) is 0 Å². The average molecular weight is 332 g/mol. The van der Waals surface area contributed by atoms with E-state index in [-0.39, 0.29) is 5.92 Å². The van der Waals surface area contributed by atoms with Crippen LogP contribution in [0.15, 0.2) is 24.3 Å². The second-order valence-corrected chi connectivity index (χ2v) is 7.25. The molecule has 0 bridgehead atoms. The molecule has 134 valence electrons. The Balaban J connectivity index is 1.63. The van der Waals surface area contributed by atoms with Gasteiger partial charge < -0.3 is 5.11 Å². The quantitative estimate of drug-likeness (QED) is 0.587. The fourth-order valence-corrected chi connectivity index (χ4v) is 3.53. The van der Waals surface area contributed by atoms with Crippen molar-refractivity contribution >= 4 is 5.97 Å². The van der Waals surface area contributed by atoms with Gasteiger partial charge in [0.2, 0.25) is 0 Å². The van der Waals surface area contributed by atoms with Crippen LogP contribution in [0.4, 0.5) is 0 Å². The molecule has 0 aliphatic carbocycles. The first-order chi connectivity index (χ1) is 11.7. The van der Waals surface area contributed by atoms with Gasteiger partial charge in [0.15, 0.2) is 0 Å². The first kappa shape index (κ1) is 19.0. The maximum absolute atomic E-state index is 11.0. The number of hydrogen-bond acceptors (Lipinski definition) is 2. The molecule has 1 aliphatic rings. The Morgan fingerprint density at radius 1 is 1.04 bits per heavy atom. The van der Waals surface area contributed by atoms with Crippen molar-refractivity contribution in [1.82, 2.24) is 4.90 Å². The highest BCUT2D eigenvalue weighted by atomic mass is 16.4. The summed E-state index contributed by atoms with van der Waals surface area (Å²) in [6.07, 6.45) is 11.5. The third-order valence-corrected chi connectivity index (χ3v) is 5.12. The van der Waals surface area contributed by atoms with E-state index in [9.17, 15) is 4.79 Å². The zero-order valence-electron chi connectivity index (χ0n) is 15.2. The minimum absolute atomic E-state index is 0.179. The van der Waals surface area contributed by atoms with Crippen molar-refractivity contribution in [3.63, 3.8) is 0 Å². The summed E-state index contributed by atoms with van der Waals surface area (Å²) >= 11 is 0. The third-order valence-electron chi connectivity index (χ3n) is 5.12. The van der Waals surface area contributed by atoms with Gasteiger partial charge in [0, 0.05) is 13.1 Å². The van der Waals surface area contributed by atoms with Crippen molar-refractivity contribution in [2.24, 2.45) is 5.92 Å². The monoisotopic (exact) mass is 331 g/mol. The van der Waals surface area contributed by atoms with E-state index in [1.807, 2.05) is 0 Å². The summed E-state index contributed by atoms with van der Waals surface area (Å²) in [5.74, 6) is -0.829. The van der Waals surface area contributed by atoms with Crippen LogP contribution in [0.1, 0.15) is 69.4 Å². The molecule has 0 amide bonds. The molecule has 1 heterocycles. The van der Waals surface area contributed by atoms with Gasteiger partial charge >= 0.3 is 5.97 Å². The molecule has 0 spiro atoms. The highest BCUT2D eigenvalue weighted by molar-refractivity contribution is 5.70. The van der Waals surface area contributed by atoms with Gasteiger partial charge in [-0.15, -0.1) is 0 Å². The van der Waals surface area contributed by atoms with Gasteiger partial charge in [-0.05, 0) is 36.9 Å². The molecule has 1 aromatic carbocycles. The average Bonchev–Trinajstić information content (AvgIpc) is 3.04. The lowest BCUT2D eigenvalue weighted by atomic mass is 10.0. The Labute approximate surface area is 147 Å². The maximum Gasteiger partial charge on any atom is 0.307 e. The Kier molecular flexibility index (Phi) is 8.31. The number of unbranched alkanes of at least 4 members (excludes halogenated alkanes) is 6. The predicted octanol–water partition coefficient (Wildman–Crippen LogP) is 4.89. The van der Waals surface area contributed by atoms with Crippen LogP contribution in [0, 0.1) is 5.92 Å². The minimum Gasteiger partial charge on any atom is -0.481 e. The van der Waals surface area contributed by atoms with E-state index in [0.717, 1.165) is 19.5 Å². The van der Waals surface area contributed by atoms with Gasteiger partial charge in [-0.3, -0.25) is 9.69 Å². The molecule has 0 unspecified atom stereocenters. The lowest BCUT2D eigenvalue weighted by Gasteiger charge is -2.15. The first-order valence-corrected chi connectivity index (χ1v) is 9.72. The second kappa shape index (κ2) is 10.5. The third kappa shape index (κ3) is 6.64. The van der Waals surface area contributed by atoms with Crippen LogP contribution in [0.25, 0.3) is 0 Å². The van der Waals surface area contributed by atoms with Crippen LogP contribution < -0.4 is 0 Å². The van der Waals surface area contributed by atoms with Gasteiger partial charge in [-0.2, -0.15) is 0 Å². The molecule has 1 fully saturated rings. The Bertz CT molecular complexity index is 483. The molecule has 2 rings (SSSR count). The van der Waals surface area contributed by atoms with E-state index >= 15 is 0 Å². The zero-order chi connectivity index (χ0) is 17.2. The van der Waals surface area contributed by atoms with E-state index in [1.54, 1.807) is 0 Å². The summed E-state index contributed by atoms with van der Waals surface area (Å²) in [6.45, 7) is 4.73. The molecule has 1 N–H and O–H groups in total. The predicted molar refractivity (Wildman–Crippen MR) is 99.2 cm³/mol. The van der Waals surface area contributed by atoms with Crippen molar-refractivity contribution in [2.45, 2.75) is 71.3 Å². The SMILES string of the molecule is CCCCCCCCCc1ccc(CN2CC[C@@H](C(=O)O)C2)cc1. The molecular weight excluding hydrogens is 298 g/mol. The number of hydrogen-bond donors (Lipinski definition) is 1.